The van der Waals surface area contributed by atoms with Crippen molar-refractivity contribution in [2.24, 2.45) is 5.73 Å². The maximum atomic E-state index is 6.02. The van der Waals surface area contributed by atoms with Gasteiger partial charge < -0.3 is 10.2 Å². The number of rotatable bonds is 9. The molecule has 0 aliphatic heterocycles. The zero-order valence-electron chi connectivity index (χ0n) is 10.8. The molecule has 1 atom stereocenters. The van der Waals surface area contributed by atoms with Crippen molar-refractivity contribution in [1.82, 2.24) is 0 Å². The summed E-state index contributed by atoms with van der Waals surface area (Å²) in [5.41, 5.74) is 6.02. The van der Waals surface area contributed by atoms with Crippen LogP contribution in [0.5, 0.6) is 0 Å². The van der Waals surface area contributed by atoms with E-state index >= 15 is 0 Å². The number of nitrogens with two attached hydrogens (primary N) is 1. The maximum Gasteiger partial charge on any atom is 0.193 e. The van der Waals surface area contributed by atoms with Gasteiger partial charge in [-0.15, -0.1) is 0 Å². The Morgan fingerprint density at radius 2 is 1.76 bits per heavy atom. The number of unbranched alkanes of at least 4 members (excludes halogenated alkanes) is 6. The van der Waals surface area contributed by atoms with Gasteiger partial charge >= 0.3 is 0 Å². The molecule has 0 spiro atoms. The van der Waals surface area contributed by atoms with E-state index in [0.717, 1.165) is 12.2 Å². The lowest BCUT2D eigenvalue weighted by molar-refractivity contribution is 0.439. The molecule has 0 saturated carbocycles. The Kier molecular flexibility index (Phi) is 7.38. The molecule has 3 heteroatoms. The average molecular weight is 258 g/mol. The van der Waals surface area contributed by atoms with Crippen LogP contribution in [-0.2, 0) is 0 Å². The fourth-order valence-electron chi connectivity index (χ4n) is 1.99. The number of halogens is 1. The second-order valence-electron chi connectivity index (χ2n) is 4.66. The van der Waals surface area contributed by atoms with Gasteiger partial charge in [0.1, 0.15) is 5.76 Å². The normalized spacial score (nSPS) is 12.9. The molecule has 0 fully saturated rings. The van der Waals surface area contributed by atoms with Crippen LogP contribution in [-0.4, -0.2) is 0 Å². The number of hydrogen-bond acceptors (Lipinski definition) is 2. The van der Waals surface area contributed by atoms with Crippen molar-refractivity contribution >= 4 is 11.6 Å². The average Bonchev–Trinajstić information content (AvgIpc) is 2.74. The predicted octanol–water partition coefficient (Wildman–Crippen LogP) is 5.07. The van der Waals surface area contributed by atoms with Gasteiger partial charge in [-0.3, -0.25) is 0 Å². The summed E-state index contributed by atoms with van der Waals surface area (Å²) in [5.74, 6) is 0.806. The molecule has 1 aromatic heterocycles. The lowest BCUT2D eigenvalue weighted by atomic mass is 10.0. The topological polar surface area (TPSA) is 39.2 Å². The van der Waals surface area contributed by atoms with Crippen LogP contribution in [0, 0.1) is 0 Å². The first-order valence-electron chi connectivity index (χ1n) is 6.75. The maximum absolute atomic E-state index is 6.02. The minimum absolute atomic E-state index is 0.00172. The summed E-state index contributed by atoms with van der Waals surface area (Å²) in [6.07, 6.45) is 10.2. The quantitative estimate of drug-likeness (QED) is 0.627. The van der Waals surface area contributed by atoms with E-state index in [9.17, 15) is 0 Å². The zero-order chi connectivity index (χ0) is 12.5. The molecule has 0 aliphatic rings. The summed E-state index contributed by atoms with van der Waals surface area (Å²) >= 11 is 5.71. The lowest BCUT2D eigenvalue weighted by Crippen LogP contribution is -2.08. The largest absolute Gasteiger partial charge is 0.448 e. The molecular weight excluding hydrogens is 234 g/mol. The van der Waals surface area contributed by atoms with Crippen LogP contribution in [0.2, 0.25) is 5.22 Å². The van der Waals surface area contributed by atoms with Crippen LogP contribution in [0.1, 0.15) is 70.1 Å². The molecule has 0 amide bonds. The Bertz CT molecular complexity index is 298. The van der Waals surface area contributed by atoms with E-state index in [-0.39, 0.29) is 6.04 Å². The smallest absolute Gasteiger partial charge is 0.193 e. The van der Waals surface area contributed by atoms with Crippen molar-refractivity contribution in [3.8, 4) is 0 Å². The molecule has 1 rings (SSSR count). The van der Waals surface area contributed by atoms with E-state index < -0.39 is 0 Å². The molecule has 0 radical (unpaired) electrons. The third-order valence-electron chi connectivity index (χ3n) is 3.08. The van der Waals surface area contributed by atoms with E-state index in [2.05, 4.69) is 6.92 Å². The Balaban J connectivity index is 2.03. The van der Waals surface area contributed by atoms with Gasteiger partial charge in [-0.1, -0.05) is 51.9 Å². The highest BCUT2D eigenvalue weighted by Gasteiger charge is 2.09. The van der Waals surface area contributed by atoms with Crippen molar-refractivity contribution in [3.63, 3.8) is 0 Å². The van der Waals surface area contributed by atoms with Gasteiger partial charge in [-0.2, -0.15) is 0 Å². The molecule has 1 aromatic rings. The van der Waals surface area contributed by atoms with E-state index in [1.807, 2.05) is 6.07 Å². The Morgan fingerprint density at radius 3 is 2.35 bits per heavy atom. The van der Waals surface area contributed by atoms with Crippen molar-refractivity contribution in [2.45, 2.75) is 64.3 Å². The molecule has 98 valence electrons. The van der Waals surface area contributed by atoms with Gasteiger partial charge in [0.2, 0.25) is 0 Å². The molecule has 0 aromatic carbocycles. The molecule has 1 unspecified atom stereocenters. The molecule has 2 nitrogen and oxygen atoms in total. The summed E-state index contributed by atoms with van der Waals surface area (Å²) in [5, 5.41) is 0.426. The first-order chi connectivity index (χ1) is 8.24. The third kappa shape index (κ3) is 6.13. The minimum atomic E-state index is -0.00172. The van der Waals surface area contributed by atoms with Gasteiger partial charge in [0, 0.05) is 0 Å². The van der Waals surface area contributed by atoms with Crippen LogP contribution in [0.4, 0.5) is 0 Å². The molecule has 0 aliphatic carbocycles. The highest BCUT2D eigenvalue weighted by Crippen LogP contribution is 2.22. The molecule has 1 heterocycles. The monoisotopic (exact) mass is 257 g/mol. The Hall–Kier alpha value is -0.470. The van der Waals surface area contributed by atoms with Gasteiger partial charge in [-0.25, -0.2) is 0 Å². The first kappa shape index (κ1) is 14.6. The van der Waals surface area contributed by atoms with E-state index in [0.29, 0.717) is 5.22 Å². The fourth-order valence-corrected chi connectivity index (χ4v) is 2.14. The summed E-state index contributed by atoms with van der Waals surface area (Å²) in [6, 6.07) is 3.62. The summed E-state index contributed by atoms with van der Waals surface area (Å²) < 4.78 is 5.30. The number of furan rings is 1. The highest BCUT2D eigenvalue weighted by atomic mass is 35.5. The summed E-state index contributed by atoms with van der Waals surface area (Å²) in [4.78, 5) is 0. The summed E-state index contributed by atoms with van der Waals surface area (Å²) in [6.45, 7) is 2.24. The standard InChI is InChI=1S/C14H24ClNO/c1-2-3-4-5-6-7-8-9-12(16)13-10-11-14(15)17-13/h10-12H,2-9,16H2,1H3. The van der Waals surface area contributed by atoms with Crippen molar-refractivity contribution in [2.75, 3.05) is 0 Å². The predicted molar refractivity (Wildman–Crippen MR) is 73.3 cm³/mol. The van der Waals surface area contributed by atoms with Gasteiger partial charge in [-0.05, 0) is 30.2 Å². The van der Waals surface area contributed by atoms with E-state index in [4.69, 9.17) is 21.8 Å². The molecule has 17 heavy (non-hydrogen) atoms. The third-order valence-corrected chi connectivity index (χ3v) is 3.28. The second-order valence-corrected chi connectivity index (χ2v) is 5.03. The van der Waals surface area contributed by atoms with Crippen LogP contribution in [0.3, 0.4) is 0 Å². The van der Waals surface area contributed by atoms with Crippen molar-refractivity contribution in [3.05, 3.63) is 23.1 Å². The second kappa shape index (κ2) is 8.60. The molecule has 2 N–H and O–H groups in total. The van der Waals surface area contributed by atoms with Crippen LogP contribution in [0.25, 0.3) is 0 Å². The Morgan fingerprint density at radius 1 is 1.12 bits per heavy atom. The minimum Gasteiger partial charge on any atom is -0.448 e. The van der Waals surface area contributed by atoms with Gasteiger partial charge in [0.05, 0.1) is 6.04 Å². The van der Waals surface area contributed by atoms with Crippen LogP contribution < -0.4 is 5.73 Å². The summed E-state index contributed by atoms with van der Waals surface area (Å²) in [7, 11) is 0. The van der Waals surface area contributed by atoms with Gasteiger partial charge in [0.25, 0.3) is 0 Å². The molecular formula is C14H24ClNO. The van der Waals surface area contributed by atoms with Gasteiger partial charge in [0.15, 0.2) is 5.22 Å². The molecule has 0 bridgehead atoms. The fraction of sp³-hybridized carbons (Fsp3) is 0.714. The van der Waals surface area contributed by atoms with Crippen molar-refractivity contribution in [1.29, 1.82) is 0 Å². The first-order valence-corrected chi connectivity index (χ1v) is 7.12. The highest BCUT2D eigenvalue weighted by molar-refractivity contribution is 6.28. The van der Waals surface area contributed by atoms with Crippen molar-refractivity contribution < 1.29 is 4.42 Å². The SMILES string of the molecule is CCCCCCCCCC(N)c1ccc(Cl)o1. The molecule has 0 saturated heterocycles. The van der Waals surface area contributed by atoms with Crippen LogP contribution in [0.15, 0.2) is 16.5 Å². The zero-order valence-corrected chi connectivity index (χ0v) is 11.5. The number of hydrogen-bond donors (Lipinski definition) is 1. The Labute approximate surface area is 110 Å². The van der Waals surface area contributed by atoms with Crippen LogP contribution >= 0.6 is 11.6 Å². The lowest BCUT2D eigenvalue weighted by Gasteiger charge is -2.08. The van der Waals surface area contributed by atoms with E-state index in [1.54, 1.807) is 6.07 Å². The van der Waals surface area contributed by atoms with E-state index in [1.165, 1.54) is 44.9 Å².